The van der Waals surface area contributed by atoms with Crippen molar-refractivity contribution in [1.29, 1.82) is 0 Å². The van der Waals surface area contributed by atoms with Gasteiger partial charge in [0.15, 0.2) is 0 Å². The molecular weight excluding hydrogens is 242 g/mol. The number of carbonyl (C=O) groups excluding carboxylic acids is 1. The number of carbonyl (C=O) groups is 1. The van der Waals surface area contributed by atoms with Gasteiger partial charge in [-0.1, -0.05) is 11.6 Å². The third kappa shape index (κ3) is 2.68. The summed E-state index contributed by atoms with van der Waals surface area (Å²) in [5, 5.41) is 0.102. The fourth-order valence-corrected chi connectivity index (χ4v) is 1.85. The molecule has 2 N–H and O–H groups in total. The highest BCUT2D eigenvalue weighted by molar-refractivity contribution is 6.32. The molecule has 0 aliphatic carbocycles. The minimum atomic E-state index is -0.603. The molecule has 1 saturated heterocycles. The molecule has 2 heterocycles. The van der Waals surface area contributed by atoms with Gasteiger partial charge in [0, 0.05) is 6.04 Å². The molecule has 0 unspecified atom stereocenters. The number of amides is 1. The first-order valence-electron chi connectivity index (χ1n) is 5.36. The van der Waals surface area contributed by atoms with Crippen molar-refractivity contribution in [2.24, 2.45) is 5.73 Å². The van der Waals surface area contributed by atoms with Gasteiger partial charge in [0.05, 0.1) is 11.8 Å². The van der Waals surface area contributed by atoms with E-state index in [1.165, 1.54) is 12.3 Å². The summed E-state index contributed by atoms with van der Waals surface area (Å²) in [6.07, 6.45) is 2.62. The molecule has 5 nitrogen and oxygen atoms in total. The number of hydrogen-bond acceptors (Lipinski definition) is 4. The number of likely N-dealkylation sites (tertiary alicyclic amines) is 1. The lowest BCUT2D eigenvalue weighted by Gasteiger charge is -2.37. The number of ether oxygens (including phenoxy) is 1. The molecule has 1 aliphatic rings. The van der Waals surface area contributed by atoms with Gasteiger partial charge < -0.3 is 10.5 Å². The van der Waals surface area contributed by atoms with E-state index in [0.717, 1.165) is 13.0 Å². The van der Waals surface area contributed by atoms with Crippen LogP contribution in [-0.2, 0) is 0 Å². The first-order valence-corrected chi connectivity index (χ1v) is 5.74. The molecule has 1 amide bonds. The predicted molar refractivity (Wildman–Crippen MR) is 64.3 cm³/mol. The number of aromatic nitrogens is 1. The lowest BCUT2D eigenvalue weighted by atomic mass is 10.1. The predicted octanol–water partition coefficient (Wildman–Crippen LogP) is 0.917. The van der Waals surface area contributed by atoms with Gasteiger partial charge in [-0.2, -0.15) is 0 Å². The van der Waals surface area contributed by atoms with Crippen LogP contribution in [0.2, 0.25) is 5.15 Å². The highest BCUT2D eigenvalue weighted by Gasteiger charge is 2.24. The Morgan fingerprint density at radius 1 is 1.76 bits per heavy atom. The number of hydrogen-bond donors (Lipinski definition) is 1. The molecule has 0 saturated carbocycles. The lowest BCUT2D eigenvalue weighted by Crippen LogP contribution is -2.48. The molecule has 1 aromatic heterocycles. The number of pyridine rings is 1. The van der Waals surface area contributed by atoms with Crippen LogP contribution >= 0.6 is 11.6 Å². The number of rotatable bonds is 4. The summed E-state index contributed by atoms with van der Waals surface area (Å²) in [7, 11) is 2.05. The third-order valence-corrected chi connectivity index (χ3v) is 3.26. The third-order valence-electron chi connectivity index (χ3n) is 2.96. The minimum absolute atomic E-state index is 0.102. The second-order valence-electron chi connectivity index (χ2n) is 4.11. The largest absolute Gasteiger partial charge is 0.490 e. The van der Waals surface area contributed by atoms with Crippen molar-refractivity contribution in [3.05, 3.63) is 23.0 Å². The van der Waals surface area contributed by atoms with Gasteiger partial charge in [0.1, 0.15) is 17.5 Å². The number of primary amides is 1. The van der Waals surface area contributed by atoms with E-state index in [-0.39, 0.29) is 10.7 Å². The maximum Gasteiger partial charge on any atom is 0.251 e. The highest BCUT2D eigenvalue weighted by Crippen LogP contribution is 2.20. The summed E-state index contributed by atoms with van der Waals surface area (Å²) in [5.74, 6) is -0.0859. The van der Waals surface area contributed by atoms with Gasteiger partial charge in [0.25, 0.3) is 5.91 Å². The van der Waals surface area contributed by atoms with E-state index in [2.05, 4.69) is 9.88 Å². The van der Waals surface area contributed by atoms with Crippen molar-refractivity contribution in [3.8, 4) is 5.75 Å². The Kier molecular flexibility index (Phi) is 3.49. The maximum absolute atomic E-state index is 11.1. The van der Waals surface area contributed by atoms with E-state index in [1.54, 1.807) is 0 Å². The van der Waals surface area contributed by atoms with E-state index in [1.807, 2.05) is 7.05 Å². The molecule has 0 radical (unpaired) electrons. The quantitative estimate of drug-likeness (QED) is 0.813. The second-order valence-corrected chi connectivity index (χ2v) is 4.47. The first-order chi connectivity index (χ1) is 8.08. The molecule has 1 fully saturated rings. The topological polar surface area (TPSA) is 68.4 Å². The Morgan fingerprint density at radius 3 is 3.06 bits per heavy atom. The van der Waals surface area contributed by atoms with Crippen LogP contribution in [0.25, 0.3) is 0 Å². The SMILES string of the molecule is CN1CC[C@H]1COc1cnc(Cl)c(C(N)=O)c1. The van der Waals surface area contributed by atoms with Crippen molar-refractivity contribution in [2.45, 2.75) is 12.5 Å². The summed E-state index contributed by atoms with van der Waals surface area (Å²) in [4.78, 5) is 17.1. The molecular formula is C11H14ClN3O2. The number of nitrogens with two attached hydrogens (primary N) is 1. The molecule has 0 aromatic carbocycles. The maximum atomic E-state index is 11.1. The zero-order valence-corrected chi connectivity index (χ0v) is 10.3. The minimum Gasteiger partial charge on any atom is -0.490 e. The molecule has 17 heavy (non-hydrogen) atoms. The standard InChI is InChI=1S/C11H14ClN3O2/c1-15-3-2-7(15)6-17-8-4-9(11(13)16)10(12)14-5-8/h4-5,7H,2-3,6H2,1H3,(H2,13,16)/t7-/m0/s1. The highest BCUT2D eigenvalue weighted by atomic mass is 35.5. The molecule has 0 spiro atoms. The van der Waals surface area contributed by atoms with Crippen LogP contribution in [0.1, 0.15) is 16.8 Å². The monoisotopic (exact) mass is 255 g/mol. The molecule has 1 atom stereocenters. The number of halogens is 1. The van der Waals surface area contributed by atoms with E-state index < -0.39 is 5.91 Å². The summed E-state index contributed by atoms with van der Waals surface area (Å²) in [6, 6.07) is 1.96. The first kappa shape index (κ1) is 12.1. The van der Waals surface area contributed by atoms with E-state index in [0.29, 0.717) is 18.4 Å². The smallest absolute Gasteiger partial charge is 0.251 e. The number of nitrogens with zero attached hydrogens (tertiary/aromatic N) is 2. The van der Waals surface area contributed by atoms with Gasteiger partial charge in [-0.25, -0.2) is 4.98 Å². The van der Waals surface area contributed by atoms with Crippen LogP contribution in [-0.4, -0.2) is 42.0 Å². The number of likely N-dealkylation sites (N-methyl/N-ethyl adjacent to an activating group) is 1. The van der Waals surface area contributed by atoms with E-state index >= 15 is 0 Å². The molecule has 92 valence electrons. The Hall–Kier alpha value is -1.33. The van der Waals surface area contributed by atoms with Crippen LogP contribution in [0.4, 0.5) is 0 Å². The van der Waals surface area contributed by atoms with Crippen LogP contribution in [0, 0.1) is 0 Å². The van der Waals surface area contributed by atoms with Gasteiger partial charge in [0.2, 0.25) is 0 Å². The summed E-state index contributed by atoms with van der Waals surface area (Å²) in [5.41, 5.74) is 5.36. The van der Waals surface area contributed by atoms with Crippen molar-refractivity contribution >= 4 is 17.5 Å². The molecule has 1 aromatic rings. The second kappa shape index (κ2) is 4.89. The molecule has 0 bridgehead atoms. The molecule has 6 heteroatoms. The van der Waals surface area contributed by atoms with Gasteiger partial charge >= 0.3 is 0 Å². The van der Waals surface area contributed by atoms with Crippen LogP contribution < -0.4 is 10.5 Å². The summed E-state index contributed by atoms with van der Waals surface area (Å²) in [6.45, 7) is 1.68. The Balaban J connectivity index is 2.01. The van der Waals surface area contributed by atoms with E-state index in [4.69, 9.17) is 22.1 Å². The van der Waals surface area contributed by atoms with Gasteiger partial charge in [-0.05, 0) is 26.1 Å². The van der Waals surface area contributed by atoms with Crippen molar-refractivity contribution in [3.63, 3.8) is 0 Å². The Bertz CT molecular complexity index is 439. The zero-order valence-electron chi connectivity index (χ0n) is 9.52. The zero-order chi connectivity index (χ0) is 12.4. The Morgan fingerprint density at radius 2 is 2.53 bits per heavy atom. The fraction of sp³-hybridized carbons (Fsp3) is 0.455. The van der Waals surface area contributed by atoms with Crippen molar-refractivity contribution in [2.75, 3.05) is 20.2 Å². The fourth-order valence-electron chi connectivity index (χ4n) is 1.65. The average Bonchev–Trinajstić information content (AvgIpc) is 2.29. The van der Waals surface area contributed by atoms with Crippen LogP contribution in [0.15, 0.2) is 12.3 Å². The normalized spacial score (nSPS) is 19.8. The molecule has 2 rings (SSSR count). The van der Waals surface area contributed by atoms with Crippen LogP contribution in [0.3, 0.4) is 0 Å². The summed E-state index contributed by atoms with van der Waals surface area (Å²) < 4.78 is 5.56. The van der Waals surface area contributed by atoms with Gasteiger partial charge in [-0.3, -0.25) is 9.69 Å². The average molecular weight is 256 g/mol. The summed E-state index contributed by atoms with van der Waals surface area (Å²) >= 11 is 5.74. The van der Waals surface area contributed by atoms with E-state index in [9.17, 15) is 4.79 Å². The van der Waals surface area contributed by atoms with Crippen molar-refractivity contribution in [1.82, 2.24) is 9.88 Å². The molecule has 1 aliphatic heterocycles. The Labute approximate surface area is 105 Å². The van der Waals surface area contributed by atoms with Crippen molar-refractivity contribution < 1.29 is 9.53 Å². The van der Waals surface area contributed by atoms with Crippen LogP contribution in [0.5, 0.6) is 5.75 Å². The van der Waals surface area contributed by atoms with Gasteiger partial charge in [-0.15, -0.1) is 0 Å². The lowest BCUT2D eigenvalue weighted by molar-refractivity contribution is 0.0766.